The fourth-order valence-electron chi connectivity index (χ4n) is 3.47. The van der Waals surface area contributed by atoms with E-state index in [2.05, 4.69) is 20.4 Å². The Morgan fingerprint density at radius 3 is 2.58 bits per heavy atom. The van der Waals surface area contributed by atoms with Gasteiger partial charge in [-0.1, -0.05) is 11.8 Å². The number of nitrogens with zero attached hydrogens (tertiary/aromatic N) is 4. The standard InChI is InChI=1S/C21H24N6O3S/c22-18(28)9-12-27-20(17-4-3-13-30-17)24-25-21(27)31-14-19(29)23-15-5-7-16(8-6-15)26-10-1-2-11-26/h3-8,13H,1-2,9-12,14H2,(H2,22,28)(H,23,29). The number of nitrogens with two attached hydrogens (primary N) is 1. The average Bonchev–Trinajstić information content (AvgIpc) is 3.53. The molecule has 0 aliphatic carbocycles. The van der Waals surface area contributed by atoms with Crippen LogP contribution in [-0.4, -0.2) is 45.4 Å². The van der Waals surface area contributed by atoms with Crippen LogP contribution in [0.4, 0.5) is 11.4 Å². The van der Waals surface area contributed by atoms with Gasteiger partial charge in [0.05, 0.1) is 12.0 Å². The lowest BCUT2D eigenvalue weighted by Gasteiger charge is -2.17. The Bertz CT molecular complexity index is 1030. The molecule has 9 nitrogen and oxygen atoms in total. The van der Waals surface area contributed by atoms with E-state index in [-0.39, 0.29) is 18.1 Å². The summed E-state index contributed by atoms with van der Waals surface area (Å²) in [5, 5.41) is 11.7. The SMILES string of the molecule is NC(=O)CCn1c(SCC(=O)Nc2ccc(N3CCCC3)cc2)nnc1-c1ccco1. The average molecular weight is 441 g/mol. The van der Waals surface area contributed by atoms with Gasteiger partial charge in [-0.3, -0.25) is 14.2 Å². The molecule has 1 aromatic carbocycles. The summed E-state index contributed by atoms with van der Waals surface area (Å²) >= 11 is 1.24. The van der Waals surface area contributed by atoms with Gasteiger partial charge in [0.25, 0.3) is 0 Å². The molecular weight excluding hydrogens is 416 g/mol. The minimum atomic E-state index is -0.426. The Labute approximate surface area is 184 Å². The first-order valence-corrected chi connectivity index (χ1v) is 11.1. The van der Waals surface area contributed by atoms with Crippen molar-refractivity contribution in [1.29, 1.82) is 0 Å². The van der Waals surface area contributed by atoms with Crippen molar-refractivity contribution < 1.29 is 14.0 Å². The number of hydrogen-bond donors (Lipinski definition) is 2. The third-order valence-corrected chi connectivity index (χ3v) is 5.96. The van der Waals surface area contributed by atoms with Gasteiger partial charge in [0.2, 0.25) is 11.8 Å². The zero-order valence-corrected chi connectivity index (χ0v) is 17.8. The van der Waals surface area contributed by atoms with E-state index in [1.165, 1.54) is 36.6 Å². The second kappa shape index (κ2) is 9.69. The maximum Gasteiger partial charge on any atom is 0.234 e. The molecule has 3 heterocycles. The van der Waals surface area contributed by atoms with Crippen LogP contribution in [-0.2, 0) is 16.1 Å². The largest absolute Gasteiger partial charge is 0.461 e. The Morgan fingerprint density at radius 1 is 1.13 bits per heavy atom. The minimum Gasteiger partial charge on any atom is -0.461 e. The van der Waals surface area contributed by atoms with Crippen LogP contribution in [0, 0.1) is 0 Å². The summed E-state index contributed by atoms with van der Waals surface area (Å²) in [6.07, 6.45) is 4.12. The maximum absolute atomic E-state index is 12.4. The predicted octanol–water partition coefficient (Wildman–Crippen LogP) is 2.74. The van der Waals surface area contributed by atoms with Crippen molar-refractivity contribution in [2.24, 2.45) is 5.73 Å². The van der Waals surface area contributed by atoms with Crippen molar-refractivity contribution in [2.75, 3.05) is 29.1 Å². The molecular formula is C21H24N6O3S. The number of rotatable bonds is 9. The first-order valence-electron chi connectivity index (χ1n) is 10.1. The van der Waals surface area contributed by atoms with Gasteiger partial charge in [-0.25, -0.2) is 0 Å². The maximum atomic E-state index is 12.4. The molecule has 2 aromatic heterocycles. The van der Waals surface area contributed by atoms with E-state index < -0.39 is 5.91 Å². The molecule has 0 bridgehead atoms. The fourth-order valence-corrected chi connectivity index (χ4v) is 4.23. The first kappa shape index (κ1) is 21.0. The van der Waals surface area contributed by atoms with Gasteiger partial charge < -0.3 is 20.4 Å². The Morgan fingerprint density at radius 2 is 1.90 bits per heavy atom. The highest BCUT2D eigenvalue weighted by Crippen LogP contribution is 2.25. The van der Waals surface area contributed by atoms with Crippen molar-refractivity contribution in [3.63, 3.8) is 0 Å². The molecule has 0 unspecified atom stereocenters. The van der Waals surface area contributed by atoms with Gasteiger partial charge >= 0.3 is 0 Å². The van der Waals surface area contributed by atoms with Gasteiger partial charge in [0.1, 0.15) is 0 Å². The van der Waals surface area contributed by atoms with E-state index in [4.69, 9.17) is 10.2 Å². The fraction of sp³-hybridized carbons (Fsp3) is 0.333. The number of amides is 2. The zero-order chi connectivity index (χ0) is 21.6. The third-order valence-electron chi connectivity index (χ3n) is 4.99. The van der Waals surface area contributed by atoms with Crippen molar-refractivity contribution in [1.82, 2.24) is 14.8 Å². The molecule has 1 aliphatic heterocycles. The highest BCUT2D eigenvalue weighted by molar-refractivity contribution is 7.99. The third kappa shape index (κ3) is 5.26. The summed E-state index contributed by atoms with van der Waals surface area (Å²) in [6, 6.07) is 11.4. The lowest BCUT2D eigenvalue weighted by Crippen LogP contribution is -2.18. The van der Waals surface area contributed by atoms with Crippen LogP contribution in [0.3, 0.4) is 0 Å². The van der Waals surface area contributed by atoms with E-state index in [0.29, 0.717) is 23.3 Å². The monoisotopic (exact) mass is 440 g/mol. The molecule has 0 radical (unpaired) electrons. The highest BCUT2D eigenvalue weighted by Gasteiger charge is 2.18. The molecule has 1 aliphatic rings. The minimum absolute atomic E-state index is 0.134. The molecule has 162 valence electrons. The quantitative estimate of drug-likeness (QED) is 0.491. The van der Waals surface area contributed by atoms with E-state index in [1.807, 2.05) is 24.3 Å². The topological polar surface area (TPSA) is 119 Å². The van der Waals surface area contributed by atoms with E-state index in [9.17, 15) is 9.59 Å². The Balaban J connectivity index is 1.38. The number of hydrogen-bond acceptors (Lipinski definition) is 7. The number of carbonyl (C=O) groups is 2. The van der Waals surface area contributed by atoms with Gasteiger partial charge in [0.15, 0.2) is 16.7 Å². The molecule has 0 saturated carbocycles. The van der Waals surface area contributed by atoms with Gasteiger partial charge in [0, 0.05) is 37.4 Å². The molecule has 10 heteroatoms. The number of anilines is 2. The van der Waals surface area contributed by atoms with Crippen molar-refractivity contribution in [3.05, 3.63) is 42.7 Å². The molecule has 4 rings (SSSR count). The van der Waals surface area contributed by atoms with Gasteiger partial charge in [-0.2, -0.15) is 0 Å². The zero-order valence-electron chi connectivity index (χ0n) is 17.0. The van der Waals surface area contributed by atoms with E-state index in [1.54, 1.807) is 16.7 Å². The molecule has 0 atom stereocenters. The molecule has 1 fully saturated rings. The number of carbonyl (C=O) groups excluding carboxylic acids is 2. The van der Waals surface area contributed by atoms with Crippen LogP contribution in [0.2, 0.25) is 0 Å². The number of nitrogens with one attached hydrogen (secondary N) is 1. The number of furan rings is 1. The molecule has 3 N–H and O–H groups in total. The summed E-state index contributed by atoms with van der Waals surface area (Å²) in [7, 11) is 0. The van der Waals surface area contributed by atoms with E-state index in [0.717, 1.165) is 18.8 Å². The molecule has 31 heavy (non-hydrogen) atoms. The number of aromatic nitrogens is 3. The first-order chi connectivity index (χ1) is 15.1. The van der Waals surface area contributed by atoms with Crippen LogP contribution in [0.1, 0.15) is 19.3 Å². The predicted molar refractivity (Wildman–Crippen MR) is 119 cm³/mol. The van der Waals surface area contributed by atoms with Crippen molar-refractivity contribution >= 4 is 35.0 Å². The van der Waals surface area contributed by atoms with Crippen LogP contribution in [0.25, 0.3) is 11.6 Å². The second-order valence-electron chi connectivity index (χ2n) is 7.23. The van der Waals surface area contributed by atoms with E-state index >= 15 is 0 Å². The lowest BCUT2D eigenvalue weighted by atomic mass is 10.2. The van der Waals surface area contributed by atoms with Crippen LogP contribution < -0.4 is 16.0 Å². The van der Waals surface area contributed by atoms with Gasteiger partial charge in [-0.05, 0) is 49.2 Å². The molecule has 0 spiro atoms. The van der Waals surface area contributed by atoms with Gasteiger partial charge in [-0.15, -0.1) is 10.2 Å². The summed E-state index contributed by atoms with van der Waals surface area (Å²) in [4.78, 5) is 26.0. The molecule has 2 amide bonds. The smallest absolute Gasteiger partial charge is 0.234 e. The number of benzene rings is 1. The molecule has 3 aromatic rings. The van der Waals surface area contributed by atoms with Crippen LogP contribution >= 0.6 is 11.8 Å². The summed E-state index contributed by atoms with van der Waals surface area (Å²) in [5.74, 6) is 0.604. The van der Waals surface area contributed by atoms with Crippen LogP contribution in [0.15, 0.2) is 52.2 Å². The van der Waals surface area contributed by atoms with Crippen molar-refractivity contribution in [2.45, 2.75) is 31.0 Å². The summed E-state index contributed by atoms with van der Waals surface area (Å²) in [6.45, 7) is 2.47. The summed E-state index contributed by atoms with van der Waals surface area (Å²) in [5.41, 5.74) is 7.22. The van der Waals surface area contributed by atoms with Crippen molar-refractivity contribution in [3.8, 4) is 11.6 Å². The lowest BCUT2D eigenvalue weighted by molar-refractivity contribution is -0.118. The number of primary amides is 1. The number of thioether (sulfide) groups is 1. The Kier molecular flexibility index (Phi) is 6.56. The second-order valence-corrected chi connectivity index (χ2v) is 8.17. The Hall–Kier alpha value is -3.27. The normalized spacial score (nSPS) is 13.5. The van der Waals surface area contributed by atoms with Crippen LogP contribution in [0.5, 0.6) is 0 Å². The summed E-state index contributed by atoms with van der Waals surface area (Å²) < 4.78 is 7.14. The molecule has 1 saturated heterocycles. The highest BCUT2D eigenvalue weighted by atomic mass is 32.2.